The van der Waals surface area contributed by atoms with Crippen LogP contribution in [0, 0.1) is 6.92 Å². The van der Waals surface area contributed by atoms with E-state index >= 15 is 0 Å². The van der Waals surface area contributed by atoms with Gasteiger partial charge in [-0.25, -0.2) is 0 Å². The van der Waals surface area contributed by atoms with E-state index in [1.54, 1.807) is 0 Å². The molecule has 3 aliphatic heterocycles. The summed E-state index contributed by atoms with van der Waals surface area (Å²) in [5, 5.41) is 9.20. The van der Waals surface area contributed by atoms with Gasteiger partial charge in [0, 0.05) is 98.5 Å². The Hall–Kier alpha value is -17.8. The van der Waals surface area contributed by atoms with Crippen LogP contribution in [0.15, 0.2) is 479 Å². The second-order valence-electron chi connectivity index (χ2n) is 41.8. The fourth-order valence-electron chi connectivity index (χ4n) is 24.2. The zero-order valence-corrected chi connectivity index (χ0v) is 82.9. The molecule has 29 rings (SSSR count). The van der Waals surface area contributed by atoms with Crippen LogP contribution in [0.4, 0.5) is 51.2 Å². The number of nitrogens with zero attached hydrogens (tertiary/aromatic N) is 3. The van der Waals surface area contributed by atoms with E-state index in [9.17, 15) is 0 Å². The van der Waals surface area contributed by atoms with Gasteiger partial charge in [0.25, 0.3) is 0 Å². The first kappa shape index (κ1) is 87.3. The lowest BCUT2D eigenvalue weighted by atomic mass is 9.72. The Morgan fingerprint density at radius 3 is 0.890 bits per heavy atom. The van der Waals surface area contributed by atoms with Crippen molar-refractivity contribution in [2.45, 2.75) is 84.0 Å². The topological polar surface area (TPSA) is 62.3 Å². The number of furan rings is 4. The molecule has 0 atom stereocenters. The molecule has 1 aliphatic carbocycles. The predicted octanol–water partition coefficient (Wildman–Crippen LogP) is 39.3. The number of hydrogen-bond donors (Lipinski definition) is 0. The van der Waals surface area contributed by atoms with Crippen molar-refractivity contribution < 1.29 is 17.7 Å². The van der Waals surface area contributed by atoms with Gasteiger partial charge in [-0.15, -0.1) is 0 Å². The third kappa shape index (κ3) is 14.1. The molecule has 21 aromatic carbocycles. The highest BCUT2D eigenvalue weighted by Gasteiger charge is 2.43. The molecule has 25 aromatic rings. The average molecular weight is 1880 g/mol. The van der Waals surface area contributed by atoms with Crippen LogP contribution in [0.25, 0.3) is 177 Å². The van der Waals surface area contributed by atoms with E-state index in [4.69, 9.17) is 17.7 Å². The van der Waals surface area contributed by atoms with Gasteiger partial charge in [0.2, 0.25) is 0 Å². The van der Waals surface area contributed by atoms with E-state index in [-0.39, 0.29) is 21.7 Å². The lowest BCUT2D eigenvalue weighted by molar-refractivity contribution is 0.631. The van der Waals surface area contributed by atoms with Crippen molar-refractivity contribution in [2.75, 3.05) is 14.7 Å². The minimum absolute atomic E-state index is 0.0621. The smallest absolute Gasteiger partial charge is 0.143 e. The van der Waals surface area contributed by atoms with Gasteiger partial charge in [-0.3, -0.25) is 0 Å². The summed E-state index contributed by atoms with van der Waals surface area (Å²) in [4.78, 5) is 7.32. The van der Waals surface area contributed by atoms with Crippen molar-refractivity contribution in [2.24, 2.45) is 0 Å². The summed E-state index contributed by atoms with van der Waals surface area (Å²) in [5.41, 5.74) is 48.8. The van der Waals surface area contributed by atoms with Crippen LogP contribution in [0.5, 0.6) is 0 Å². The molecule has 0 N–H and O–H groups in total. The van der Waals surface area contributed by atoms with E-state index < -0.39 is 0 Å². The van der Waals surface area contributed by atoms with Crippen LogP contribution >= 0.6 is 0 Å². The van der Waals surface area contributed by atoms with E-state index in [1.165, 1.54) is 151 Å². The number of anilines is 9. The molecule has 4 aliphatic rings. The van der Waals surface area contributed by atoms with Crippen molar-refractivity contribution in [3.63, 3.8) is 0 Å². The SMILES string of the molecule is CC1(C)c2ccccc2-c2ccc(N3c4ccccc4C(C)(C)c4cc(-c5ccc(-c6ccc7oc8ccccc8c7c6)cc5)ccc43)cc21.CC1(C)c2ccccc2N(c2ccc(-c3cccc4c3oc3ccccc34)cc2)c2ccc(-c3ccc(-c4cccc5c4oc4ccccc45)cc3)cc21.Cc1ccc2c(c1)C(C)(C)c1cc(-c3ccc(-c4cccc5c4oc4ccccc45)cc3)ccc1N2c1ccccc1. The van der Waals surface area contributed by atoms with Crippen LogP contribution in [0.2, 0.25) is 0 Å². The lowest BCUT2D eigenvalue weighted by Crippen LogP contribution is -2.30. The van der Waals surface area contributed by atoms with Gasteiger partial charge < -0.3 is 32.4 Å². The van der Waals surface area contributed by atoms with Crippen molar-refractivity contribution in [3.05, 3.63) is 511 Å². The maximum Gasteiger partial charge on any atom is 0.143 e. The summed E-state index contributed by atoms with van der Waals surface area (Å²) in [7, 11) is 0. The molecular formula is C139H103N3O4. The summed E-state index contributed by atoms with van der Waals surface area (Å²) in [6, 6.07) is 167. The van der Waals surface area contributed by atoms with Crippen LogP contribution in [0.3, 0.4) is 0 Å². The Morgan fingerprint density at radius 2 is 0.438 bits per heavy atom. The number of fused-ring (bicyclic) bond motifs is 21. The highest BCUT2D eigenvalue weighted by Crippen LogP contribution is 2.60. The summed E-state index contributed by atoms with van der Waals surface area (Å²) in [6.07, 6.45) is 0. The van der Waals surface area contributed by atoms with Crippen LogP contribution < -0.4 is 14.7 Å². The van der Waals surface area contributed by atoms with E-state index in [2.05, 4.69) is 490 Å². The Morgan fingerprint density at radius 1 is 0.158 bits per heavy atom. The van der Waals surface area contributed by atoms with Gasteiger partial charge in [0.05, 0.1) is 34.1 Å². The zero-order valence-electron chi connectivity index (χ0n) is 82.9. The van der Waals surface area contributed by atoms with Crippen LogP contribution in [-0.2, 0) is 21.7 Å². The molecule has 0 spiro atoms. The molecule has 146 heavy (non-hydrogen) atoms. The minimum atomic E-state index is -0.202. The van der Waals surface area contributed by atoms with Crippen molar-refractivity contribution >= 4 is 139 Å². The van der Waals surface area contributed by atoms with Gasteiger partial charge in [-0.1, -0.05) is 395 Å². The molecular weight excluding hydrogens is 1780 g/mol. The second-order valence-corrected chi connectivity index (χ2v) is 41.8. The van der Waals surface area contributed by atoms with Crippen molar-refractivity contribution in [1.29, 1.82) is 0 Å². The molecule has 0 radical (unpaired) electrons. The number of rotatable bonds is 10. The molecule has 0 bridgehead atoms. The summed E-state index contributed by atoms with van der Waals surface area (Å²) < 4.78 is 25.1. The maximum absolute atomic E-state index is 6.39. The van der Waals surface area contributed by atoms with Crippen molar-refractivity contribution in [1.82, 2.24) is 0 Å². The monoisotopic (exact) mass is 1880 g/mol. The maximum atomic E-state index is 6.39. The summed E-state index contributed by atoms with van der Waals surface area (Å²) in [6.45, 7) is 21.0. The van der Waals surface area contributed by atoms with Gasteiger partial charge >= 0.3 is 0 Å². The summed E-state index contributed by atoms with van der Waals surface area (Å²) in [5.74, 6) is 0. The largest absolute Gasteiger partial charge is 0.456 e. The highest BCUT2D eigenvalue weighted by atomic mass is 16.3. The zero-order chi connectivity index (χ0) is 98.2. The molecule has 7 nitrogen and oxygen atoms in total. The van der Waals surface area contributed by atoms with E-state index in [0.717, 1.165) is 127 Å². The first-order chi connectivity index (χ1) is 71.3. The number of aryl methyl sites for hydroxylation is 1. The molecule has 0 saturated heterocycles. The minimum Gasteiger partial charge on any atom is -0.456 e. The third-order valence-corrected chi connectivity index (χ3v) is 31.9. The van der Waals surface area contributed by atoms with Gasteiger partial charge in [0.1, 0.15) is 44.7 Å². The summed E-state index contributed by atoms with van der Waals surface area (Å²) >= 11 is 0. The highest BCUT2D eigenvalue weighted by molar-refractivity contribution is 6.13. The Labute approximate surface area is 849 Å². The Balaban J connectivity index is 0.000000109. The predicted molar refractivity (Wildman–Crippen MR) is 609 cm³/mol. The number of para-hydroxylation sites is 10. The van der Waals surface area contributed by atoms with Crippen LogP contribution in [-0.4, -0.2) is 0 Å². The molecule has 698 valence electrons. The molecule has 7 heteroatoms. The van der Waals surface area contributed by atoms with Gasteiger partial charge in [-0.05, 0) is 251 Å². The average Bonchev–Trinajstić information content (AvgIpc) is 1.15. The van der Waals surface area contributed by atoms with Crippen molar-refractivity contribution in [3.8, 4) is 89.0 Å². The first-order valence-corrected chi connectivity index (χ1v) is 50.8. The number of hydrogen-bond acceptors (Lipinski definition) is 7. The standard InChI is InChI=1S/C51H35NO2.C48H37NO.C40H31NO/c1-51(2)43-17-5-6-18-45(43)52(36-28-25-34(26-29-36)38-14-10-16-42-40-12-4-8-20-48(40)54-50(38)42)46-30-27-35(31-44(46)51)32-21-23-33(24-22-32)37-13-9-15-41-39-11-3-7-19-47(39)53-49(37)41;1-47(2)39-13-7-5-11-35(39)36-24-23-34(29-41(36)47)49-43-15-9-8-14-40(43)48(3,4)42-28-33(21-25-44(42)49)31-19-17-30(18-20-31)32-22-26-46-38(27-32)37-12-6-10-16-45(37)50-46;1-26-16-22-36-34(24-26)40(2,3)35-25-29(21-23-37(35)41(36)30-10-5-4-6-11-30)27-17-19-28(20-18-27)31-13-9-14-33-32-12-7-8-15-38(32)42-39(31)33/h3-31H,1-2H3;5-29H,1-4H3;4-25H,1-3H3. The molecule has 0 fully saturated rings. The first-order valence-electron chi connectivity index (χ1n) is 50.8. The third-order valence-electron chi connectivity index (χ3n) is 31.9. The molecule has 4 aromatic heterocycles. The molecule has 7 heterocycles. The number of benzene rings is 21. The lowest BCUT2D eigenvalue weighted by Gasteiger charge is -2.42. The Kier molecular flexibility index (Phi) is 20.1. The normalized spacial score (nSPS) is 14.1. The second kappa shape index (κ2) is 33.7. The fraction of sp³-hybridized carbons (Fsp3) is 0.0935. The Bertz CT molecular complexity index is 9580. The van der Waals surface area contributed by atoms with Gasteiger partial charge in [-0.2, -0.15) is 0 Å². The quantitative estimate of drug-likeness (QED) is 0.135. The molecule has 0 unspecified atom stereocenters. The van der Waals surface area contributed by atoms with E-state index in [1.807, 2.05) is 48.5 Å². The molecule has 0 saturated carbocycles. The van der Waals surface area contributed by atoms with Gasteiger partial charge in [0.15, 0.2) is 0 Å². The van der Waals surface area contributed by atoms with Crippen LogP contribution in [0.1, 0.15) is 105 Å². The van der Waals surface area contributed by atoms with E-state index in [0.29, 0.717) is 0 Å². The fourth-order valence-corrected chi connectivity index (χ4v) is 24.2. The molecule has 0 amide bonds.